The maximum Gasteiger partial charge on any atom is 0.176 e. The van der Waals surface area contributed by atoms with E-state index in [0.29, 0.717) is 12.6 Å². The Morgan fingerprint density at radius 1 is 1.04 bits per heavy atom. The maximum atomic E-state index is 11.3. The van der Waals surface area contributed by atoms with E-state index in [4.69, 9.17) is 0 Å². The molecular weight excluding hydrogens is 282 g/mol. The lowest BCUT2D eigenvalue weighted by atomic mass is 9.87. The molecule has 0 unspecified atom stereocenters. The number of likely N-dealkylation sites (tertiary alicyclic amines) is 1. The van der Waals surface area contributed by atoms with Gasteiger partial charge in [0.1, 0.15) is 0 Å². The van der Waals surface area contributed by atoms with Gasteiger partial charge in [-0.25, -0.2) is 0 Å². The van der Waals surface area contributed by atoms with Gasteiger partial charge in [-0.1, -0.05) is 72.5 Å². The molecule has 0 bridgehead atoms. The molecule has 2 aromatic rings. The molecule has 1 aliphatic heterocycles. The molecule has 3 rings (SSSR count). The van der Waals surface area contributed by atoms with Crippen LogP contribution in [0.2, 0.25) is 0 Å². The first kappa shape index (κ1) is 15.8. The molecule has 1 N–H and O–H groups in total. The number of nitrogens with zero attached hydrogens (tertiary/aromatic N) is 1. The van der Waals surface area contributed by atoms with Crippen molar-refractivity contribution in [3.63, 3.8) is 0 Å². The van der Waals surface area contributed by atoms with Crippen molar-refractivity contribution in [3.8, 4) is 11.8 Å². The van der Waals surface area contributed by atoms with Crippen molar-refractivity contribution >= 4 is 0 Å². The monoisotopic (exact) mass is 305 g/mol. The van der Waals surface area contributed by atoms with E-state index in [9.17, 15) is 5.11 Å². The molecule has 1 fully saturated rings. The zero-order valence-electron chi connectivity index (χ0n) is 13.6. The van der Waals surface area contributed by atoms with Gasteiger partial charge >= 0.3 is 0 Å². The minimum atomic E-state index is -1.26. The summed E-state index contributed by atoms with van der Waals surface area (Å²) in [6.45, 7) is 4.06. The maximum absolute atomic E-state index is 11.3. The van der Waals surface area contributed by atoms with Crippen molar-refractivity contribution < 1.29 is 5.11 Å². The van der Waals surface area contributed by atoms with Crippen LogP contribution in [0.4, 0.5) is 0 Å². The third-order valence-corrected chi connectivity index (χ3v) is 4.63. The predicted molar refractivity (Wildman–Crippen MR) is 93.9 cm³/mol. The second-order valence-electron chi connectivity index (χ2n) is 6.21. The van der Waals surface area contributed by atoms with E-state index in [1.165, 1.54) is 12.8 Å². The van der Waals surface area contributed by atoms with Gasteiger partial charge in [0.05, 0.1) is 6.54 Å². The first-order valence-electron chi connectivity index (χ1n) is 8.27. The second-order valence-corrected chi connectivity index (χ2v) is 6.21. The van der Waals surface area contributed by atoms with Gasteiger partial charge < -0.3 is 5.11 Å². The van der Waals surface area contributed by atoms with E-state index in [0.717, 1.165) is 17.7 Å². The Labute approximate surface area is 138 Å². The molecule has 2 nitrogen and oxygen atoms in total. The fourth-order valence-corrected chi connectivity index (χ4v) is 3.17. The summed E-state index contributed by atoms with van der Waals surface area (Å²) in [6.07, 6.45) is 2.48. The summed E-state index contributed by atoms with van der Waals surface area (Å²) in [5.74, 6) is 6.36. The van der Waals surface area contributed by atoms with Crippen molar-refractivity contribution in [3.05, 3.63) is 71.8 Å². The van der Waals surface area contributed by atoms with Gasteiger partial charge in [-0.05, 0) is 26.3 Å². The van der Waals surface area contributed by atoms with Crippen molar-refractivity contribution in [1.29, 1.82) is 0 Å². The van der Waals surface area contributed by atoms with E-state index in [1.54, 1.807) is 0 Å². The summed E-state index contributed by atoms with van der Waals surface area (Å²) in [6, 6.07) is 20.0. The third-order valence-electron chi connectivity index (χ3n) is 4.63. The Morgan fingerprint density at radius 3 is 2.09 bits per heavy atom. The fourth-order valence-electron chi connectivity index (χ4n) is 3.17. The lowest BCUT2D eigenvalue weighted by molar-refractivity contribution is 0.145. The summed E-state index contributed by atoms with van der Waals surface area (Å²) in [4.78, 5) is 2.38. The Morgan fingerprint density at radius 2 is 1.61 bits per heavy atom. The molecule has 0 saturated carbocycles. The van der Waals surface area contributed by atoms with Crippen molar-refractivity contribution in [2.75, 3.05) is 13.1 Å². The molecule has 0 spiro atoms. The molecule has 0 aliphatic carbocycles. The summed E-state index contributed by atoms with van der Waals surface area (Å²) in [5, 5.41) is 11.3. The Bertz CT molecular complexity index is 645. The zero-order chi connectivity index (χ0) is 16.1. The number of hydrogen-bond acceptors (Lipinski definition) is 2. The van der Waals surface area contributed by atoms with Crippen LogP contribution in [0, 0.1) is 11.8 Å². The normalized spacial score (nSPS) is 18.4. The minimum absolute atomic E-state index is 0.589. The van der Waals surface area contributed by atoms with Gasteiger partial charge in [-0.15, -0.1) is 0 Å². The topological polar surface area (TPSA) is 23.5 Å². The summed E-state index contributed by atoms with van der Waals surface area (Å²) in [7, 11) is 0. The zero-order valence-corrected chi connectivity index (χ0v) is 13.6. The molecule has 0 amide bonds. The highest BCUT2D eigenvalue weighted by molar-refractivity contribution is 5.44. The summed E-state index contributed by atoms with van der Waals surface area (Å²) < 4.78 is 0. The highest BCUT2D eigenvalue weighted by Crippen LogP contribution is 2.28. The van der Waals surface area contributed by atoms with Gasteiger partial charge in [0.25, 0.3) is 0 Å². The number of rotatable bonds is 3. The Balaban J connectivity index is 1.91. The smallest absolute Gasteiger partial charge is 0.176 e. The van der Waals surface area contributed by atoms with Gasteiger partial charge in [0, 0.05) is 17.2 Å². The Kier molecular flexibility index (Phi) is 4.81. The number of aliphatic hydroxyl groups is 1. The van der Waals surface area contributed by atoms with E-state index in [1.807, 2.05) is 60.7 Å². The van der Waals surface area contributed by atoms with Gasteiger partial charge in [0.15, 0.2) is 5.60 Å². The first-order chi connectivity index (χ1) is 11.2. The molecule has 2 aromatic carbocycles. The van der Waals surface area contributed by atoms with Crippen LogP contribution < -0.4 is 0 Å². The molecular formula is C21H23NO. The summed E-state index contributed by atoms with van der Waals surface area (Å²) >= 11 is 0. The highest BCUT2D eigenvalue weighted by Gasteiger charge is 2.29. The van der Waals surface area contributed by atoms with Crippen LogP contribution in [0.3, 0.4) is 0 Å². The van der Waals surface area contributed by atoms with Crippen molar-refractivity contribution in [2.24, 2.45) is 0 Å². The van der Waals surface area contributed by atoms with E-state index in [2.05, 4.69) is 23.7 Å². The SMILES string of the molecule is C[C@@H]1CCCN1CC#CC(O)(c1ccccc1)c1ccccc1. The number of benzene rings is 2. The molecule has 1 aliphatic rings. The van der Waals surface area contributed by atoms with E-state index < -0.39 is 5.60 Å². The third kappa shape index (κ3) is 3.47. The Hall–Kier alpha value is -2.08. The van der Waals surface area contributed by atoms with Crippen molar-refractivity contribution in [2.45, 2.75) is 31.4 Å². The number of hydrogen-bond donors (Lipinski definition) is 1. The molecule has 0 radical (unpaired) electrons. The van der Waals surface area contributed by atoms with E-state index in [-0.39, 0.29) is 0 Å². The summed E-state index contributed by atoms with van der Waals surface area (Å²) in [5.41, 5.74) is 0.368. The molecule has 0 aromatic heterocycles. The second kappa shape index (κ2) is 7.00. The molecule has 1 saturated heterocycles. The molecule has 1 atom stereocenters. The average molecular weight is 305 g/mol. The molecule has 2 heteroatoms. The van der Waals surface area contributed by atoms with Crippen LogP contribution in [-0.2, 0) is 5.60 Å². The lowest BCUT2D eigenvalue weighted by Crippen LogP contribution is -2.28. The van der Waals surface area contributed by atoms with E-state index >= 15 is 0 Å². The highest BCUT2D eigenvalue weighted by atomic mass is 16.3. The van der Waals surface area contributed by atoms with Gasteiger partial charge in [0.2, 0.25) is 0 Å². The van der Waals surface area contributed by atoms with Gasteiger partial charge in [-0.2, -0.15) is 0 Å². The molecule has 23 heavy (non-hydrogen) atoms. The first-order valence-corrected chi connectivity index (χ1v) is 8.27. The lowest BCUT2D eigenvalue weighted by Gasteiger charge is -2.24. The van der Waals surface area contributed by atoms with Crippen LogP contribution in [0.25, 0.3) is 0 Å². The van der Waals surface area contributed by atoms with Crippen LogP contribution in [0.15, 0.2) is 60.7 Å². The van der Waals surface area contributed by atoms with Crippen LogP contribution in [0.1, 0.15) is 30.9 Å². The van der Waals surface area contributed by atoms with Crippen molar-refractivity contribution in [1.82, 2.24) is 4.90 Å². The fraction of sp³-hybridized carbons (Fsp3) is 0.333. The standard InChI is InChI=1S/C21H23NO/c1-18-10-8-16-22(18)17-9-15-21(23,19-11-4-2-5-12-19)20-13-6-3-7-14-20/h2-7,11-14,18,23H,8,10,16-17H2,1H3/t18-/m1/s1. The predicted octanol–water partition coefficient (Wildman–Crippen LogP) is 3.41. The molecule has 118 valence electrons. The largest absolute Gasteiger partial charge is 0.369 e. The van der Waals surface area contributed by atoms with Gasteiger partial charge in [-0.3, -0.25) is 4.90 Å². The average Bonchev–Trinajstić information content (AvgIpc) is 3.01. The van der Waals surface area contributed by atoms with Crippen LogP contribution in [-0.4, -0.2) is 29.1 Å². The minimum Gasteiger partial charge on any atom is -0.369 e. The van der Waals surface area contributed by atoms with Crippen LogP contribution in [0.5, 0.6) is 0 Å². The molecule has 1 heterocycles. The quantitative estimate of drug-likeness (QED) is 0.879. The van der Waals surface area contributed by atoms with Crippen LogP contribution >= 0.6 is 0 Å².